The Balaban J connectivity index is 1.37. The first-order chi connectivity index (χ1) is 10.6. The number of hydrogen-bond acceptors (Lipinski definition) is 3. The molecular formula is C16H24N4O2. The first-order valence-electron chi connectivity index (χ1n) is 8.17. The highest BCUT2D eigenvalue weighted by atomic mass is 16.2. The molecule has 1 aliphatic heterocycles. The van der Waals surface area contributed by atoms with E-state index in [2.05, 4.69) is 11.9 Å². The molecule has 1 aliphatic carbocycles. The predicted molar refractivity (Wildman–Crippen MR) is 81.9 cm³/mol. The lowest BCUT2D eigenvalue weighted by molar-refractivity contribution is -0.140. The molecule has 0 N–H and O–H groups in total. The Hall–Kier alpha value is -1.85. The molecule has 22 heavy (non-hydrogen) atoms. The molecule has 0 unspecified atom stereocenters. The van der Waals surface area contributed by atoms with Gasteiger partial charge in [0.05, 0.1) is 6.33 Å². The highest BCUT2D eigenvalue weighted by Crippen LogP contribution is 2.39. The van der Waals surface area contributed by atoms with Gasteiger partial charge in [0, 0.05) is 57.5 Å². The van der Waals surface area contributed by atoms with Gasteiger partial charge in [0.25, 0.3) is 0 Å². The second-order valence-electron chi connectivity index (χ2n) is 6.43. The van der Waals surface area contributed by atoms with Crippen molar-refractivity contribution in [1.82, 2.24) is 19.4 Å². The molecule has 0 bridgehead atoms. The first kappa shape index (κ1) is 15.1. The number of nitrogens with zero attached hydrogens (tertiary/aromatic N) is 4. The van der Waals surface area contributed by atoms with Gasteiger partial charge in [-0.15, -0.1) is 0 Å². The molecule has 0 spiro atoms. The summed E-state index contributed by atoms with van der Waals surface area (Å²) >= 11 is 0. The zero-order valence-electron chi connectivity index (χ0n) is 13.1. The van der Waals surface area contributed by atoms with Crippen LogP contribution in [0.5, 0.6) is 0 Å². The third kappa shape index (κ3) is 3.48. The third-order valence-electron chi connectivity index (χ3n) is 4.74. The number of aryl methyl sites for hydroxylation is 1. The van der Waals surface area contributed by atoms with Crippen molar-refractivity contribution in [1.29, 1.82) is 0 Å². The molecule has 2 fully saturated rings. The van der Waals surface area contributed by atoms with E-state index in [0.29, 0.717) is 44.4 Å². The van der Waals surface area contributed by atoms with E-state index in [1.807, 2.05) is 20.6 Å². The summed E-state index contributed by atoms with van der Waals surface area (Å²) in [5.41, 5.74) is 0. The zero-order valence-corrected chi connectivity index (χ0v) is 13.1. The number of amides is 2. The van der Waals surface area contributed by atoms with Gasteiger partial charge >= 0.3 is 0 Å². The molecule has 120 valence electrons. The molecular weight excluding hydrogens is 280 g/mol. The minimum atomic E-state index is 0.201. The Morgan fingerprint density at radius 3 is 2.45 bits per heavy atom. The molecule has 3 rings (SSSR count). The number of aromatic nitrogens is 2. The number of carbonyl (C=O) groups is 2. The van der Waals surface area contributed by atoms with Crippen LogP contribution in [0.1, 0.15) is 26.2 Å². The summed E-state index contributed by atoms with van der Waals surface area (Å²) in [5.74, 6) is 1.29. The number of rotatable bonds is 5. The van der Waals surface area contributed by atoms with E-state index in [-0.39, 0.29) is 11.8 Å². The van der Waals surface area contributed by atoms with E-state index in [1.54, 1.807) is 12.5 Å². The molecule has 1 aromatic heterocycles. The van der Waals surface area contributed by atoms with Gasteiger partial charge in [-0.2, -0.15) is 0 Å². The van der Waals surface area contributed by atoms with E-state index in [9.17, 15) is 9.59 Å². The second-order valence-corrected chi connectivity index (χ2v) is 6.43. The second kappa shape index (κ2) is 6.50. The SMILES string of the molecule is C[C@@H]1C[C@@H]1C(=O)N1CCN(C(=O)CCCn2ccnc2)CC1. The van der Waals surface area contributed by atoms with Crippen molar-refractivity contribution in [3.05, 3.63) is 18.7 Å². The Kier molecular flexibility index (Phi) is 4.45. The Labute approximate surface area is 131 Å². The van der Waals surface area contributed by atoms with Crippen LogP contribution in [-0.4, -0.2) is 57.3 Å². The zero-order chi connectivity index (χ0) is 15.5. The Morgan fingerprint density at radius 2 is 1.86 bits per heavy atom. The number of hydrogen-bond donors (Lipinski definition) is 0. The average molecular weight is 304 g/mol. The highest BCUT2D eigenvalue weighted by molar-refractivity contribution is 5.82. The van der Waals surface area contributed by atoms with Gasteiger partial charge in [0.2, 0.25) is 11.8 Å². The number of piperazine rings is 1. The topological polar surface area (TPSA) is 58.4 Å². The van der Waals surface area contributed by atoms with Crippen molar-refractivity contribution in [2.75, 3.05) is 26.2 Å². The van der Waals surface area contributed by atoms with Crippen LogP contribution in [0.25, 0.3) is 0 Å². The summed E-state index contributed by atoms with van der Waals surface area (Å²) in [5, 5.41) is 0. The molecule has 2 aliphatic rings. The monoisotopic (exact) mass is 304 g/mol. The average Bonchev–Trinajstić information content (AvgIpc) is 3.04. The fourth-order valence-electron chi connectivity index (χ4n) is 3.07. The Morgan fingerprint density at radius 1 is 1.18 bits per heavy atom. The fourth-order valence-corrected chi connectivity index (χ4v) is 3.07. The molecule has 0 radical (unpaired) electrons. The quantitative estimate of drug-likeness (QED) is 0.815. The van der Waals surface area contributed by atoms with E-state index >= 15 is 0 Å². The summed E-state index contributed by atoms with van der Waals surface area (Å²) in [6.45, 7) is 5.69. The van der Waals surface area contributed by atoms with Crippen LogP contribution in [0, 0.1) is 11.8 Å². The Bertz CT molecular complexity index is 520. The number of imidazole rings is 1. The highest BCUT2D eigenvalue weighted by Gasteiger charge is 2.42. The summed E-state index contributed by atoms with van der Waals surface area (Å²) in [6.07, 6.45) is 7.85. The van der Waals surface area contributed by atoms with Gasteiger partial charge in [0.1, 0.15) is 0 Å². The molecule has 1 aromatic rings. The van der Waals surface area contributed by atoms with Crippen LogP contribution < -0.4 is 0 Å². The molecule has 2 heterocycles. The van der Waals surface area contributed by atoms with E-state index < -0.39 is 0 Å². The maximum absolute atomic E-state index is 12.2. The molecule has 0 aromatic carbocycles. The van der Waals surface area contributed by atoms with E-state index in [1.165, 1.54) is 0 Å². The van der Waals surface area contributed by atoms with Gasteiger partial charge in [-0.3, -0.25) is 9.59 Å². The van der Waals surface area contributed by atoms with Gasteiger partial charge in [0.15, 0.2) is 0 Å². The molecule has 1 saturated carbocycles. The van der Waals surface area contributed by atoms with Crippen LogP contribution in [0.15, 0.2) is 18.7 Å². The molecule has 2 amide bonds. The van der Waals surface area contributed by atoms with Crippen molar-refractivity contribution in [2.24, 2.45) is 11.8 Å². The fraction of sp³-hybridized carbons (Fsp3) is 0.688. The predicted octanol–water partition coefficient (Wildman–Crippen LogP) is 0.990. The molecule has 6 nitrogen and oxygen atoms in total. The molecule has 1 saturated heterocycles. The smallest absolute Gasteiger partial charge is 0.226 e. The summed E-state index contributed by atoms with van der Waals surface area (Å²) in [6, 6.07) is 0. The lowest BCUT2D eigenvalue weighted by Crippen LogP contribution is -2.51. The normalized spacial score (nSPS) is 24.4. The molecule has 6 heteroatoms. The largest absolute Gasteiger partial charge is 0.339 e. The lowest BCUT2D eigenvalue weighted by Gasteiger charge is -2.35. The lowest BCUT2D eigenvalue weighted by atomic mass is 10.2. The van der Waals surface area contributed by atoms with Crippen molar-refractivity contribution in [3.63, 3.8) is 0 Å². The third-order valence-corrected chi connectivity index (χ3v) is 4.74. The van der Waals surface area contributed by atoms with Crippen molar-refractivity contribution < 1.29 is 9.59 Å². The van der Waals surface area contributed by atoms with Crippen molar-refractivity contribution in [2.45, 2.75) is 32.7 Å². The van der Waals surface area contributed by atoms with E-state index in [4.69, 9.17) is 0 Å². The number of carbonyl (C=O) groups excluding carboxylic acids is 2. The van der Waals surface area contributed by atoms with Gasteiger partial charge in [-0.25, -0.2) is 4.98 Å². The first-order valence-corrected chi connectivity index (χ1v) is 8.17. The maximum atomic E-state index is 12.2. The van der Waals surface area contributed by atoms with Crippen molar-refractivity contribution >= 4 is 11.8 Å². The van der Waals surface area contributed by atoms with Crippen LogP contribution in [0.4, 0.5) is 0 Å². The summed E-state index contributed by atoms with van der Waals surface area (Å²) in [7, 11) is 0. The maximum Gasteiger partial charge on any atom is 0.226 e. The van der Waals surface area contributed by atoms with Crippen LogP contribution in [-0.2, 0) is 16.1 Å². The summed E-state index contributed by atoms with van der Waals surface area (Å²) < 4.78 is 1.99. The summed E-state index contributed by atoms with van der Waals surface area (Å²) in [4.78, 5) is 32.2. The van der Waals surface area contributed by atoms with E-state index in [0.717, 1.165) is 19.4 Å². The van der Waals surface area contributed by atoms with Crippen LogP contribution in [0.3, 0.4) is 0 Å². The standard InChI is InChI=1S/C16H24N4O2/c1-13-11-14(13)16(22)20-9-7-19(8-10-20)15(21)3-2-5-18-6-4-17-12-18/h4,6,12-14H,2-3,5,7-11H2,1H3/t13-,14+/m1/s1. The van der Waals surface area contributed by atoms with Gasteiger partial charge in [-0.05, 0) is 18.8 Å². The minimum absolute atomic E-state index is 0.201. The molecule has 2 atom stereocenters. The minimum Gasteiger partial charge on any atom is -0.339 e. The van der Waals surface area contributed by atoms with Crippen molar-refractivity contribution in [3.8, 4) is 0 Å². The van der Waals surface area contributed by atoms with Crippen LogP contribution in [0.2, 0.25) is 0 Å². The van der Waals surface area contributed by atoms with Gasteiger partial charge in [-0.1, -0.05) is 6.92 Å². The van der Waals surface area contributed by atoms with Crippen LogP contribution >= 0.6 is 0 Å². The van der Waals surface area contributed by atoms with Gasteiger partial charge < -0.3 is 14.4 Å².